The topological polar surface area (TPSA) is 96.0 Å². The fourth-order valence-electron chi connectivity index (χ4n) is 1.84. The molecule has 2 rings (SSSR count). The molecule has 0 aliphatic rings. The van der Waals surface area contributed by atoms with E-state index in [0.29, 0.717) is 25.5 Å². The minimum atomic E-state index is -3.12. The van der Waals surface area contributed by atoms with E-state index in [0.717, 1.165) is 22.3 Å². The van der Waals surface area contributed by atoms with Gasteiger partial charge in [0.2, 0.25) is 16.0 Å². The molecule has 2 aromatic heterocycles. The van der Waals surface area contributed by atoms with E-state index in [-0.39, 0.29) is 0 Å². The highest BCUT2D eigenvalue weighted by molar-refractivity contribution is 7.88. The van der Waals surface area contributed by atoms with Crippen LogP contribution < -0.4 is 15.4 Å². The zero-order valence-electron chi connectivity index (χ0n) is 12.2. The number of fused-ring (bicyclic) bond motifs is 1. The zero-order valence-corrected chi connectivity index (χ0v) is 13.9. The Bertz CT molecular complexity index is 727. The largest absolute Gasteiger partial charge is 0.369 e. The molecule has 0 aromatic carbocycles. The number of nitrogens with zero attached hydrogens (tertiary/aromatic N) is 2. The maximum atomic E-state index is 11.0. The summed E-state index contributed by atoms with van der Waals surface area (Å²) in [6.45, 7) is 3.07. The first-order chi connectivity index (χ1) is 9.89. The summed E-state index contributed by atoms with van der Waals surface area (Å²) in [5.41, 5.74) is 0. The second-order valence-electron chi connectivity index (χ2n) is 4.67. The lowest BCUT2D eigenvalue weighted by molar-refractivity contribution is 0.586. The Hall–Kier alpha value is -1.45. The van der Waals surface area contributed by atoms with Crippen molar-refractivity contribution in [1.29, 1.82) is 0 Å². The molecule has 21 heavy (non-hydrogen) atoms. The summed E-state index contributed by atoms with van der Waals surface area (Å²) in [6, 6.07) is 2.05. The number of sulfonamides is 1. The number of aryl methyl sites for hydroxylation is 1. The summed E-state index contributed by atoms with van der Waals surface area (Å²) in [5, 5.41) is 7.18. The molecule has 0 radical (unpaired) electrons. The SMILES string of the molecule is CNc1nc(NCCCNS(C)(=O)=O)c2cc(C)sc2n1. The van der Waals surface area contributed by atoms with Gasteiger partial charge >= 0.3 is 0 Å². The van der Waals surface area contributed by atoms with Crippen molar-refractivity contribution < 1.29 is 8.42 Å². The van der Waals surface area contributed by atoms with Crippen LogP contribution in [-0.2, 0) is 10.0 Å². The van der Waals surface area contributed by atoms with Gasteiger partial charge in [0.25, 0.3) is 0 Å². The van der Waals surface area contributed by atoms with Crippen LogP contribution in [0, 0.1) is 6.92 Å². The van der Waals surface area contributed by atoms with Crippen molar-refractivity contribution in [3.05, 3.63) is 10.9 Å². The second-order valence-corrected chi connectivity index (χ2v) is 7.74. The third kappa shape index (κ3) is 4.51. The van der Waals surface area contributed by atoms with Gasteiger partial charge in [-0.1, -0.05) is 0 Å². The van der Waals surface area contributed by atoms with Gasteiger partial charge in [-0.3, -0.25) is 0 Å². The molecule has 0 unspecified atom stereocenters. The molecular weight excluding hydrogens is 310 g/mol. The van der Waals surface area contributed by atoms with Crippen LogP contribution in [-0.4, -0.2) is 44.8 Å². The first kappa shape index (κ1) is 15.9. The lowest BCUT2D eigenvalue weighted by Crippen LogP contribution is -2.24. The van der Waals surface area contributed by atoms with Crippen molar-refractivity contribution in [2.45, 2.75) is 13.3 Å². The van der Waals surface area contributed by atoms with E-state index < -0.39 is 10.0 Å². The van der Waals surface area contributed by atoms with Crippen LogP contribution in [0.3, 0.4) is 0 Å². The highest BCUT2D eigenvalue weighted by atomic mass is 32.2. The van der Waals surface area contributed by atoms with Crippen LogP contribution in [0.5, 0.6) is 0 Å². The maximum absolute atomic E-state index is 11.0. The van der Waals surface area contributed by atoms with Gasteiger partial charge in [0.1, 0.15) is 10.6 Å². The molecule has 0 aliphatic heterocycles. The third-order valence-corrected chi connectivity index (χ3v) is 4.42. The number of thiophene rings is 1. The Morgan fingerprint density at radius 1 is 1.29 bits per heavy atom. The Balaban J connectivity index is 2.03. The van der Waals surface area contributed by atoms with Crippen molar-refractivity contribution in [3.63, 3.8) is 0 Å². The molecule has 7 nitrogen and oxygen atoms in total. The average Bonchev–Trinajstić information content (AvgIpc) is 2.77. The molecule has 3 N–H and O–H groups in total. The number of nitrogens with one attached hydrogen (secondary N) is 3. The molecule has 0 bridgehead atoms. The summed E-state index contributed by atoms with van der Waals surface area (Å²) < 4.78 is 24.4. The predicted molar refractivity (Wildman–Crippen MR) is 87.7 cm³/mol. The van der Waals surface area contributed by atoms with Gasteiger partial charge in [0.15, 0.2) is 0 Å². The van der Waals surface area contributed by atoms with E-state index in [9.17, 15) is 8.42 Å². The van der Waals surface area contributed by atoms with Gasteiger partial charge in [-0.2, -0.15) is 4.98 Å². The molecule has 2 heterocycles. The van der Waals surface area contributed by atoms with Crippen molar-refractivity contribution >= 4 is 43.3 Å². The van der Waals surface area contributed by atoms with Crippen molar-refractivity contribution in [1.82, 2.24) is 14.7 Å². The van der Waals surface area contributed by atoms with E-state index in [2.05, 4.69) is 31.4 Å². The van der Waals surface area contributed by atoms with Crippen molar-refractivity contribution in [3.8, 4) is 0 Å². The van der Waals surface area contributed by atoms with E-state index >= 15 is 0 Å². The van der Waals surface area contributed by atoms with Gasteiger partial charge in [0.05, 0.1) is 11.6 Å². The Kier molecular flexibility index (Phi) is 4.96. The quantitative estimate of drug-likeness (QED) is 0.664. The van der Waals surface area contributed by atoms with Gasteiger partial charge in [-0.05, 0) is 19.4 Å². The number of anilines is 2. The fourth-order valence-corrected chi connectivity index (χ4v) is 3.24. The van der Waals surface area contributed by atoms with E-state index in [1.54, 1.807) is 18.4 Å². The van der Waals surface area contributed by atoms with Crippen LogP contribution in [0.1, 0.15) is 11.3 Å². The van der Waals surface area contributed by atoms with Crippen LogP contribution in [0.25, 0.3) is 10.2 Å². The van der Waals surface area contributed by atoms with Crippen LogP contribution in [0.2, 0.25) is 0 Å². The molecule has 0 saturated carbocycles. The number of hydrogen-bond acceptors (Lipinski definition) is 7. The second kappa shape index (κ2) is 6.54. The molecule has 0 aliphatic carbocycles. The van der Waals surface area contributed by atoms with Crippen LogP contribution in [0.15, 0.2) is 6.07 Å². The molecule has 0 atom stereocenters. The lowest BCUT2D eigenvalue weighted by Gasteiger charge is -2.08. The van der Waals surface area contributed by atoms with Gasteiger partial charge in [-0.15, -0.1) is 11.3 Å². The third-order valence-electron chi connectivity index (χ3n) is 2.75. The van der Waals surface area contributed by atoms with E-state index in [1.165, 1.54) is 4.88 Å². The first-order valence-electron chi connectivity index (χ1n) is 6.53. The summed E-state index contributed by atoms with van der Waals surface area (Å²) in [5.74, 6) is 1.34. The lowest BCUT2D eigenvalue weighted by atomic mass is 10.3. The molecule has 2 aromatic rings. The highest BCUT2D eigenvalue weighted by Crippen LogP contribution is 2.29. The zero-order chi connectivity index (χ0) is 15.5. The minimum Gasteiger partial charge on any atom is -0.369 e. The fraction of sp³-hybridized carbons (Fsp3) is 0.500. The molecule has 0 spiro atoms. The first-order valence-corrected chi connectivity index (χ1v) is 9.24. The highest BCUT2D eigenvalue weighted by Gasteiger charge is 2.09. The summed E-state index contributed by atoms with van der Waals surface area (Å²) >= 11 is 1.62. The van der Waals surface area contributed by atoms with Crippen molar-refractivity contribution in [2.75, 3.05) is 37.0 Å². The van der Waals surface area contributed by atoms with Crippen LogP contribution >= 0.6 is 11.3 Å². The minimum absolute atomic E-state index is 0.404. The van der Waals surface area contributed by atoms with Crippen molar-refractivity contribution in [2.24, 2.45) is 0 Å². The molecular formula is C12H19N5O2S2. The standard InChI is InChI=1S/C12H19N5O2S2/c1-8-7-9-10(14-5-4-6-15-21(3,18)19)16-12(13-2)17-11(9)20-8/h7,15H,4-6H2,1-3H3,(H2,13,14,16,17). The number of rotatable bonds is 7. The monoisotopic (exact) mass is 329 g/mol. The Morgan fingerprint density at radius 3 is 2.71 bits per heavy atom. The molecule has 0 fully saturated rings. The average molecular weight is 329 g/mol. The van der Waals surface area contributed by atoms with Crippen LogP contribution in [0.4, 0.5) is 11.8 Å². The molecule has 0 saturated heterocycles. The molecule has 0 amide bonds. The van der Waals surface area contributed by atoms with E-state index in [4.69, 9.17) is 0 Å². The Morgan fingerprint density at radius 2 is 2.05 bits per heavy atom. The molecule has 116 valence electrons. The number of hydrogen-bond donors (Lipinski definition) is 3. The predicted octanol–water partition coefficient (Wildman–Crippen LogP) is 1.39. The number of aromatic nitrogens is 2. The smallest absolute Gasteiger partial charge is 0.225 e. The maximum Gasteiger partial charge on any atom is 0.225 e. The summed E-state index contributed by atoms with van der Waals surface area (Å²) in [4.78, 5) is 10.9. The van der Waals surface area contributed by atoms with Gasteiger partial charge in [-0.25, -0.2) is 18.1 Å². The summed E-state index contributed by atoms with van der Waals surface area (Å²) in [6.07, 6.45) is 1.83. The Labute approximate surface area is 128 Å². The van der Waals surface area contributed by atoms with E-state index in [1.807, 2.05) is 6.92 Å². The summed E-state index contributed by atoms with van der Waals surface area (Å²) in [7, 11) is -1.34. The normalized spacial score (nSPS) is 11.8. The van der Waals surface area contributed by atoms with Gasteiger partial charge in [0, 0.05) is 25.0 Å². The molecule has 9 heteroatoms. The van der Waals surface area contributed by atoms with Gasteiger partial charge < -0.3 is 10.6 Å².